The number of nitrogens with one attached hydrogen (secondary N) is 1. The van der Waals surface area contributed by atoms with Crippen LogP contribution >= 0.6 is 11.6 Å². The monoisotopic (exact) mass is 286 g/mol. The first-order valence-electron chi connectivity index (χ1n) is 6.93. The average molecular weight is 287 g/mol. The number of hydrogen-bond acceptors (Lipinski definition) is 2. The Morgan fingerprint density at radius 2 is 1.80 bits per heavy atom. The topological polar surface area (TPSA) is 38.0 Å². The Balaban J connectivity index is 1.87. The summed E-state index contributed by atoms with van der Waals surface area (Å²) in [5.41, 5.74) is 10.9. The molecule has 1 aliphatic carbocycles. The molecule has 2 aromatic carbocycles. The first-order chi connectivity index (χ1) is 9.62. The summed E-state index contributed by atoms with van der Waals surface area (Å²) in [7, 11) is 0. The SMILES string of the molecule is Cc1ccc(NC2(CN)Cc3ccccc3C2)cc1Cl. The van der Waals surface area contributed by atoms with Gasteiger partial charge in [0.1, 0.15) is 0 Å². The van der Waals surface area contributed by atoms with Gasteiger partial charge in [0.25, 0.3) is 0 Å². The highest BCUT2D eigenvalue weighted by atomic mass is 35.5. The highest BCUT2D eigenvalue weighted by Gasteiger charge is 2.35. The summed E-state index contributed by atoms with van der Waals surface area (Å²) < 4.78 is 0. The summed E-state index contributed by atoms with van der Waals surface area (Å²) in [6, 6.07) is 14.7. The largest absolute Gasteiger partial charge is 0.378 e. The summed E-state index contributed by atoms with van der Waals surface area (Å²) in [5.74, 6) is 0. The summed E-state index contributed by atoms with van der Waals surface area (Å²) in [4.78, 5) is 0. The standard InChI is InChI=1S/C17H19ClN2/c1-12-6-7-15(8-16(12)18)20-17(11-19)9-13-4-2-3-5-14(13)10-17/h2-8,20H,9-11,19H2,1H3. The summed E-state index contributed by atoms with van der Waals surface area (Å²) in [6.07, 6.45) is 1.93. The molecule has 0 aromatic heterocycles. The van der Waals surface area contributed by atoms with E-state index in [2.05, 4.69) is 35.6 Å². The van der Waals surface area contributed by atoms with Gasteiger partial charge in [0.2, 0.25) is 0 Å². The van der Waals surface area contributed by atoms with Crippen LogP contribution in [0.25, 0.3) is 0 Å². The first-order valence-corrected chi connectivity index (χ1v) is 7.31. The Kier molecular flexibility index (Phi) is 3.45. The summed E-state index contributed by atoms with van der Waals surface area (Å²) in [6.45, 7) is 2.61. The van der Waals surface area contributed by atoms with E-state index in [1.807, 2.05) is 19.1 Å². The number of halogens is 1. The zero-order chi connectivity index (χ0) is 14.2. The van der Waals surface area contributed by atoms with Crippen molar-refractivity contribution < 1.29 is 0 Å². The lowest BCUT2D eigenvalue weighted by Crippen LogP contribution is -2.46. The van der Waals surface area contributed by atoms with Crippen molar-refractivity contribution in [3.8, 4) is 0 Å². The van der Waals surface area contributed by atoms with Crippen LogP contribution in [0, 0.1) is 6.92 Å². The number of hydrogen-bond donors (Lipinski definition) is 2. The highest BCUT2D eigenvalue weighted by Crippen LogP contribution is 2.33. The second kappa shape index (κ2) is 5.12. The van der Waals surface area contributed by atoms with Crippen molar-refractivity contribution in [2.75, 3.05) is 11.9 Å². The van der Waals surface area contributed by atoms with Crippen LogP contribution < -0.4 is 11.1 Å². The molecule has 20 heavy (non-hydrogen) atoms. The molecular weight excluding hydrogens is 268 g/mol. The van der Waals surface area contributed by atoms with Crippen molar-refractivity contribution in [1.82, 2.24) is 0 Å². The van der Waals surface area contributed by atoms with Gasteiger partial charge < -0.3 is 11.1 Å². The molecule has 0 spiro atoms. The minimum absolute atomic E-state index is 0.0950. The van der Waals surface area contributed by atoms with Crippen molar-refractivity contribution in [3.05, 3.63) is 64.2 Å². The maximum atomic E-state index is 6.21. The maximum absolute atomic E-state index is 6.21. The third-order valence-corrected chi connectivity index (χ3v) is 4.56. The minimum Gasteiger partial charge on any atom is -0.378 e. The second-order valence-corrected chi connectivity index (χ2v) is 6.10. The van der Waals surface area contributed by atoms with Crippen LogP contribution in [0.3, 0.4) is 0 Å². The second-order valence-electron chi connectivity index (χ2n) is 5.70. The lowest BCUT2D eigenvalue weighted by Gasteiger charge is -2.30. The molecule has 2 nitrogen and oxygen atoms in total. The van der Waals surface area contributed by atoms with Crippen molar-refractivity contribution in [2.24, 2.45) is 5.73 Å². The van der Waals surface area contributed by atoms with E-state index in [-0.39, 0.29) is 5.54 Å². The Morgan fingerprint density at radius 3 is 2.35 bits per heavy atom. The van der Waals surface area contributed by atoms with E-state index >= 15 is 0 Å². The summed E-state index contributed by atoms with van der Waals surface area (Å²) >= 11 is 6.21. The fraction of sp³-hybridized carbons (Fsp3) is 0.294. The lowest BCUT2D eigenvalue weighted by atomic mass is 9.95. The fourth-order valence-electron chi connectivity index (χ4n) is 2.95. The van der Waals surface area contributed by atoms with Gasteiger partial charge in [-0.3, -0.25) is 0 Å². The van der Waals surface area contributed by atoms with Crippen molar-refractivity contribution >= 4 is 17.3 Å². The molecule has 3 N–H and O–H groups in total. The molecule has 0 aliphatic heterocycles. The third-order valence-electron chi connectivity index (χ3n) is 4.15. The Labute approximate surface area is 125 Å². The smallest absolute Gasteiger partial charge is 0.0576 e. The molecule has 0 saturated heterocycles. The van der Waals surface area contributed by atoms with E-state index in [4.69, 9.17) is 17.3 Å². The fourth-order valence-corrected chi connectivity index (χ4v) is 3.14. The van der Waals surface area contributed by atoms with Crippen LogP contribution in [0.1, 0.15) is 16.7 Å². The van der Waals surface area contributed by atoms with E-state index in [9.17, 15) is 0 Å². The van der Waals surface area contributed by atoms with E-state index < -0.39 is 0 Å². The van der Waals surface area contributed by atoms with Crippen LogP contribution in [-0.4, -0.2) is 12.1 Å². The molecule has 0 atom stereocenters. The van der Waals surface area contributed by atoms with E-state index in [1.54, 1.807) is 0 Å². The molecular formula is C17H19ClN2. The van der Waals surface area contributed by atoms with Gasteiger partial charge in [-0.1, -0.05) is 41.9 Å². The molecule has 0 saturated carbocycles. The van der Waals surface area contributed by atoms with Gasteiger partial charge in [-0.05, 0) is 48.6 Å². The molecule has 2 aromatic rings. The van der Waals surface area contributed by atoms with Gasteiger partial charge in [0.15, 0.2) is 0 Å². The lowest BCUT2D eigenvalue weighted by molar-refractivity contribution is 0.504. The van der Waals surface area contributed by atoms with Crippen molar-refractivity contribution in [1.29, 1.82) is 0 Å². The van der Waals surface area contributed by atoms with Gasteiger partial charge >= 0.3 is 0 Å². The molecule has 0 bridgehead atoms. The predicted octanol–water partition coefficient (Wildman–Crippen LogP) is 3.56. The zero-order valence-corrected chi connectivity index (χ0v) is 12.4. The number of rotatable bonds is 3. The molecule has 0 unspecified atom stereocenters. The number of anilines is 1. The third kappa shape index (κ3) is 2.41. The van der Waals surface area contributed by atoms with Crippen LogP contribution in [0.4, 0.5) is 5.69 Å². The van der Waals surface area contributed by atoms with Crippen LogP contribution in [0.5, 0.6) is 0 Å². The molecule has 1 aliphatic rings. The molecule has 0 amide bonds. The number of benzene rings is 2. The normalized spacial score (nSPS) is 15.9. The number of aryl methyl sites for hydroxylation is 1. The van der Waals surface area contributed by atoms with Gasteiger partial charge in [-0.25, -0.2) is 0 Å². The zero-order valence-electron chi connectivity index (χ0n) is 11.6. The molecule has 0 heterocycles. The van der Waals surface area contributed by atoms with Crippen molar-refractivity contribution in [3.63, 3.8) is 0 Å². The predicted molar refractivity (Wildman–Crippen MR) is 85.4 cm³/mol. The van der Waals surface area contributed by atoms with E-state index in [0.717, 1.165) is 29.1 Å². The average Bonchev–Trinajstić information content (AvgIpc) is 2.81. The number of fused-ring (bicyclic) bond motifs is 1. The first kappa shape index (κ1) is 13.5. The Morgan fingerprint density at radius 1 is 1.15 bits per heavy atom. The molecule has 104 valence electrons. The Bertz CT molecular complexity index is 612. The number of nitrogens with two attached hydrogens (primary N) is 1. The summed E-state index contributed by atoms with van der Waals surface area (Å²) in [5, 5.41) is 4.40. The quantitative estimate of drug-likeness (QED) is 0.905. The molecule has 3 heteroatoms. The van der Waals surface area contributed by atoms with E-state index in [0.29, 0.717) is 6.54 Å². The van der Waals surface area contributed by atoms with Gasteiger partial charge in [0.05, 0.1) is 5.54 Å². The van der Waals surface area contributed by atoms with Gasteiger partial charge in [-0.2, -0.15) is 0 Å². The van der Waals surface area contributed by atoms with E-state index in [1.165, 1.54) is 11.1 Å². The van der Waals surface area contributed by atoms with Crippen LogP contribution in [0.15, 0.2) is 42.5 Å². The highest BCUT2D eigenvalue weighted by molar-refractivity contribution is 6.31. The Hall–Kier alpha value is -1.51. The van der Waals surface area contributed by atoms with Gasteiger partial charge in [-0.15, -0.1) is 0 Å². The molecule has 0 fully saturated rings. The molecule has 0 radical (unpaired) electrons. The maximum Gasteiger partial charge on any atom is 0.0576 e. The molecule has 3 rings (SSSR count). The van der Waals surface area contributed by atoms with Crippen molar-refractivity contribution in [2.45, 2.75) is 25.3 Å². The minimum atomic E-state index is -0.0950. The van der Waals surface area contributed by atoms with Gasteiger partial charge in [0, 0.05) is 17.3 Å². The van der Waals surface area contributed by atoms with Crippen LogP contribution in [-0.2, 0) is 12.8 Å². The van der Waals surface area contributed by atoms with Crippen LogP contribution in [0.2, 0.25) is 5.02 Å².